The molecular formula is C18H20N2O4S. The summed E-state index contributed by atoms with van der Waals surface area (Å²) in [5.74, 6) is -0.0663. The fraction of sp³-hybridized carbons (Fsp3) is 0.278. The first-order chi connectivity index (χ1) is 12.0. The lowest BCUT2D eigenvalue weighted by molar-refractivity contribution is 0.0303. The van der Waals surface area contributed by atoms with Gasteiger partial charge in [-0.15, -0.1) is 0 Å². The molecule has 7 heteroatoms. The van der Waals surface area contributed by atoms with E-state index < -0.39 is 10.0 Å². The highest BCUT2D eigenvalue weighted by Crippen LogP contribution is 2.22. The van der Waals surface area contributed by atoms with Gasteiger partial charge in [-0.05, 0) is 36.4 Å². The molecule has 2 aromatic rings. The van der Waals surface area contributed by atoms with E-state index in [1.54, 1.807) is 59.5 Å². The van der Waals surface area contributed by atoms with Crippen LogP contribution in [0.4, 0.5) is 5.69 Å². The molecule has 1 amide bonds. The highest BCUT2D eigenvalue weighted by Gasteiger charge is 2.22. The lowest BCUT2D eigenvalue weighted by Crippen LogP contribution is -2.40. The van der Waals surface area contributed by atoms with Crippen molar-refractivity contribution >= 4 is 21.6 Å². The second kappa shape index (κ2) is 7.25. The van der Waals surface area contributed by atoms with Crippen LogP contribution in [0.2, 0.25) is 0 Å². The van der Waals surface area contributed by atoms with Crippen molar-refractivity contribution in [3.8, 4) is 0 Å². The summed E-state index contributed by atoms with van der Waals surface area (Å²) in [6.45, 7) is 2.23. The molecule has 1 fully saturated rings. The predicted octanol–water partition coefficient (Wildman–Crippen LogP) is 1.98. The van der Waals surface area contributed by atoms with Crippen molar-refractivity contribution in [1.82, 2.24) is 4.90 Å². The Morgan fingerprint density at radius 1 is 1.00 bits per heavy atom. The first-order valence-electron chi connectivity index (χ1n) is 8.01. The van der Waals surface area contributed by atoms with Gasteiger partial charge >= 0.3 is 0 Å². The maximum atomic E-state index is 12.6. The van der Waals surface area contributed by atoms with E-state index in [-0.39, 0.29) is 10.8 Å². The maximum Gasteiger partial charge on any atom is 0.264 e. The fourth-order valence-corrected chi connectivity index (χ4v) is 3.87. The Hall–Kier alpha value is -2.38. The molecule has 1 aliphatic rings. The van der Waals surface area contributed by atoms with Gasteiger partial charge in [0.25, 0.3) is 15.9 Å². The number of rotatable bonds is 4. The van der Waals surface area contributed by atoms with Gasteiger partial charge in [0.1, 0.15) is 0 Å². The number of nitrogens with zero attached hydrogens (tertiary/aromatic N) is 2. The summed E-state index contributed by atoms with van der Waals surface area (Å²) in [5, 5.41) is 0. The van der Waals surface area contributed by atoms with Gasteiger partial charge < -0.3 is 9.64 Å². The molecule has 6 nitrogen and oxygen atoms in total. The highest BCUT2D eigenvalue weighted by molar-refractivity contribution is 7.92. The normalized spacial score (nSPS) is 15.0. The lowest BCUT2D eigenvalue weighted by Gasteiger charge is -2.27. The van der Waals surface area contributed by atoms with Crippen LogP contribution in [0.15, 0.2) is 59.5 Å². The van der Waals surface area contributed by atoms with E-state index in [4.69, 9.17) is 4.74 Å². The zero-order chi connectivity index (χ0) is 17.9. The van der Waals surface area contributed by atoms with Crippen molar-refractivity contribution < 1.29 is 17.9 Å². The number of ether oxygens (including phenoxy) is 1. The third-order valence-corrected chi connectivity index (χ3v) is 5.98. The Bertz CT molecular complexity index is 829. The van der Waals surface area contributed by atoms with Crippen LogP contribution < -0.4 is 4.31 Å². The van der Waals surface area contributed by atoms with Crippen molar-refractivity contribution in [3.63, 3.8) is 0 Å². The average molecular weight is 360 g/mol. The lowest BCUT2D eigenvalue weighted by atomic mass is 10.1. The zero-order valence-electron chi connectivity index (χ0n) is 14.0. The van der Waals surface area contributed by atoms with Crippen molar-refractivity contribution in [2.45, 2.75) is 4.90 Å². The summed E-state index contributed by atoms with van der Waals surface area (Å²) in [5.41, 5.74) is 1.04. The molecule has 0 saturated carbocycles. The van der Waals surface area contributed by atoms with E-state index in [0.717, 1.165) is 0 Å². The number of sulfonamides is 1. The molecule has 2 aromatic carbocycles. The highest BCUT2D eigenvalue weighted by atomic mass is 32.2. The maximum absolute atomic E-state index is 12.6. The van der Waals surface area contributed by atoms with E-state index in [2.05, 4.69) is 0 Å². The number of carbonyl (C=O) groups excluding carboxylic acids is 1. The summed E-state index contributed by atoms with van der Waals surface area (Å²) in [4.78, 5) is 14.4. The molecule has 0 bridgehead atoms. The Morgan fingerprint density at radius 3 is 2.20 bits per heavy atom. The number of morpholine rings is 1. The summed E-state index contributed by atoms with van der Waals surface area (Å²) in [6, 6.07) is 14.9. The third-order valence-electron chi connectivity index (χ3n) is 4.18. The fourth-order valence-electron chi connectivity index (χ4n) is 2.65. The summed E-state index contributed by atoms with van der Waals surface area (Å²) in [6.07, 6.45) is 0. The number of carbonyl (C=O) groups is 1. The van der Waals surface area contributed by atoms with Crippen LogP contribution in [-0.2, 0) is 14.8 Å². The van der Waals surface area contributed by atoms with Crippen LogP contribution in [0.25, 0.3) is 0 Å². The van der Waals surface area contributed by atoms with Crippen molar-refractivity contribution in [3.05, 3.63) is 60.2 Å². The molecule has 0 aliphatic carbocycles. The van der Waals surface area contributed by atoms with E-state index in [1.807, 2.05) is 0 Å². The minimum atomic E-state index is -3.62. The number of amides is 1. The van der Waals surface area contributed by atoms with Crippen molar-refractivity contribution in [1.29, 1.82) is 0 Å². The van der Waals surface area contributed by atoms with E-state index in [0.29, 0.717) is 37.6 Å². The Balaban J connectivity index is 1.79. The Labute approximate surface area is 147 Å². The molecule has 1 aliphatic heterocycles. The van der Waals surface area contributed by atoms with E-state index in [1.165, 1.54) is 11.4 Å². The summed E-state index contributed by atoms with van der Waals surface area (Å²) >= 11 is 0. The zero-order valence-corrected chi connectivity index (χ0v) is 14.8. The molecule has 3 rings (SSSR count). The predicted molar refractivity (Wildman–Crippen MR) is 95.2 cm³/mol. The number of hydrogen-bond acceptors (Lipinski definition) is 4. The van der Waals surface area contributed by atoms with Gasteiger partial charge in [-0.25, -0.2) is 8.42 Å². The van der Waals surface area contributed by atoms with Crippen LogP contribution in [0.3, 0.4) is 0 Å². The molecule has 0 N–H and O–H groups in total. The van der Waals surface area contributed by atoms with Gasteiger partial charge in [0, 0.05) is 25.7 Å². The number of anilines is 1. The minimum Gasteiger partial charge on any atom is -0.378 e. The van der Waals surface area contributed by atoms with Gasteiger partial charge in [0.15, 0.2) is 0 Å². The monoisotopic (exact) mass is 360 g/mol. The van der Waals surface area contributed by atoms with E-state index >= 15 is 0 Å². The largest absolute Gasteiger partial charge is 0.378 e. The minimum absolute atomic E-state index is 0.0663. The van der Waals surface area contributed by atoms with Gasteiger partial charge in [-0.3, -0.25) is 9.10 Å². The molecule has 0 atom stereocenters. The van der Waals surface area contributed by atoms with Gasteiger partial charge in [-0.2, -0.15) is 0 Å². The van der Waals surface area contributed by atoms with Gasteiger partial charge in [0.05, 0.1) is 23.8 Å². The third kappa shape index (κ3) is 3.67. The van der Waals surface area contributed by atoms with Crippen LogP contribution in [0.5, 0.6) is 0 Å². The molecule has 25 heavy (non-hydrogen) atoms. The number of hydrogen-bond donors (Lipinski definition) is 0. The molecule has 0 radical (unpaired) electrons. The topological polar surface area (TPSA) is 66.9 Å². The standard InChI is InChI=1S/C18H20N2O4S/c1-19(25(22,23)17-5-3-2-4-6-17)16-9-7-15(8-10-16)18(21)20-11-13-24-14-12-20/h2-10H,11-14H2,1H3. The average Bonchev–Trinajstić information content (AvgIpc) is 2.68. The van der Waals surface area contributed by atoms with Crippen molar-refractivity contribution in [2.24, 2.45) is 0 Å². The Morgan fingerprint density at radius 2 is 1.60 bits per heavy atom. The van der Waals surface area contributed by atoms with Crippen LogP contribution in [0, 0.1) is 0 Å². The molecule has 1 saturated heterocycles. The van der Waals surface area contributed by atoms with Gasteiger partial charge in [-0.1, -0.05) is 18.2 Å². The molecule has 132 valence electrons. The SMILES string of the molecule is CN(c1ccc(C(=O)N2CCOCC2)cc1)S(=O)(=O)c1ccccc1. The molecule has 0 aromatic heterocycles. The molecular weight excluding hydrogens is 340 g/mol. The first-order valence-corrected chi connectivity index (χ1v) is 9.45. The first kappa shape index (κ1) is 17.4. The van der Waals surface area contributed by atoms with Gasteiger partial charge in [0.2, 0.25) is 0 Å². The van der Waals surface area contributed by atoms with Crippen LogP contribution >= 0.6 is 0 Å². The van der Waals surface area contributed by atoms with Crippen LogP contribution in [-0.4, -0.2) is 52.6 Å². The quantitative estimate of drug-likeness (QED) is 0.836. The van der Waals surface area contributed by atoms with Crippen molar-refractivity contribution in [2.75, 3.05) is 37.7 Å². The van der Waals surface area contributed by atoms with Crippen LogP contribution in [0.1, 0.15) is 10.4 Å². The van der Waals surface area contributed by atoms with E-state index in [9.17, 15) is 13.2 Å². The number of benzene rings is 2. The molecule has 0 unspecified atom stereocenters. The Kier molecular flexibility index (Phi) is 5.06. The molecule has 0 spiro atoms. The second-order valence-corrected chi connectivity index (χ2v) is 7.71. The smallest absolute Gasteiger partial charge is 0.264 e. The molecule has 1 heterocycles. The second-order valence-electron chi connectivity index (χ2n) is 5.74. The summed E-state index contributed by atoms with van der Waals surface area (Å²) < 4.78 is 31.7. The summed E-state index contributed by atoms with van der Waals surface area (Å²) in [7, 11) is -2.12.